The molecule has 6 aromatic rings. The summed E-state index contributed by atoms with van der Waals surface area (Å²) < 4.78 is 47.6. The minimum atomic E-state index is -0.832. The average molecular weight is 764 g/mol. The molecule has 56 heavy (non-hydrogen) atoms. The molecule has 8 heterocycles. The number of piperidine rings is 1. The summed E-state index contributed by atoms with van der Waals surface area (Å²) in [6.07, 6.45) is 4.72. The number of aryl methyl sites for hydroxylation is 2. The predicted molar refractivity (Wildman–Crippen MR) is 200 cm³/mol. The van der Waals surface area contributed by atoms with Crippen LogP contribution < -0.4 is 15.1 Å². The van der Waals surface area contributed by atoms with E-state index in [1.807, 2.05) is 21.3 Å². The molecule has 286 valence electrons. The van der Waals surface area contributed by atoms with Crippen LogP contribution in [0.1, 0.15) is 25.1 Å². The maximum atomic E-state index is 15.3. The summed E-state index contributed by atoms with van der Waals surface area (Å²) in [6, 6.07) is 6.26. The number of piperazine rings is 1. The molecule has 3 saturated heterocycles. The molecule has 4 aliphatic rings. The van der Waals surface area contributed by atoms with Crippen molar-refractivity contribution in [2.75, 3.05) is 48.8 Å². The first-order chi connectivity index (χ1) is 27.0. The van der Waals surface area contributed by atoms with E-state index in [0.29, 0.717) is 78.6 Å². The number of nitrogens with one attached hydrogen (secondary N) is 1. The lowest BCUT2D eigenvalue weighted by Crippen LogP contribution is -2.71. The molecule has 2 amide bonds. The molecular weight excluding hydrogens is 728 g/mol. The zero-order valence-electron chi connectivity index (χ0n) is 30.7. The third kappa shape index (κ3) is 5.32. The van der Waals surface area contributed by atoms with Gasteiger partial charge in [-0.05, 0) is 50.5 Å². The van der Waals surface area contributed by atoms with Gasteiger partial charge in [-0.1, -0.05) is 0 Å². The number of carbonyl (C=O) groups is 2. The number of anilines is 3. The molecule has 2 unspecified atom stereocenters. The highest BCUT2D eigenvalue weighted by molar-refractivity contribution is 5.95. The monoisotopic (exact) mass is 763 g/mol. The summed E-state index contributed by atoms with van der Waals surface area (Å²) in [5.74, 6) is -0.538. The van der Waals surface area contributed by atoms with Crippen molar-refractivity contribution < 1.29 is 22.8 Å². The van der Waals surface area contributed by atoms with Crippen LogP contribution in [0.15, 0.2) is 48.8 Å². The van der Waals surface area contributed by atoms with Crippen LogP contribution in [0.25, 0.3) is 39.0 Å². The van der Waals surface area contributed by atoms with Gasteiger partial charge in [-0.2, -0.15) is 15.1 Å². The summed E-state index contributed by atoms with van der Waals surface area (Å²) in [5.41, 5.74) is 2.61. The fourth-order valence-electron chi connectivity index (χ4n) is 8.81. The second kappa shape index (κ2) is 12.6. The number of hydrogen-bond donors (Lipinski definition) is 1. The minimum absolute atomic E-state index is 0.0183. The standard InChI is InChI=1S/C38H36F3N13O2/c1-19-44-28-13-21(40)11-24-27-7-8-42-37(46-27)45-22-14-30(35(55)49(2)9-4-10-51(19)32(24)28)52(17-22)33-25-16-43-54(29-6-5-20(39)12-26(29)41)34(25)48-38(47-33)53-23-15-31(53)36(56)50(3)18-23/h5-8,11-13,16,22-23,30-31H,4,9-10,14-15,17-18H2,1-3H3,(H,42,45,46)/t22-,23?,30-,31?/m0/s1. The molecule has 4 aromatic heterocycles. The number of aromatic nitrogens is 8. The van der Waals surface area contributed by atoms with Crippen molar-refractivity contribution in [2.24, 2.45) is 0 Å². The Morgan fingerprint density at radius 2 is 1.70 bits per heavy atom. The first-order valence-electron chi connectivity index (χ1n) is 18.5. The van der Waals surface area contributed by atoms with Crippen LogP contribution >= 0.6 is 0 Å². The Hall–Kier alpha value is -6.33. The Morgan fingerprint density at radius 1 is 0.857 bits per heavy atom. The first kappa shape index (κ1) is 34.2. The molecule has 6 bridgehead atoms. The number of amides is 2. The normalized spacial score (nSPS) is 22.4. The van der Waals surface area contributed by atoms with Crippen LogP contribution in [0.5, 0.6) is 0 Å². The van der Waals surface area contributed by atoms with Crippen molar-refractivity contribution in [2.45, 2.75) is 56.9 Å². The maximum Gasteiger partial charge on any atom is 0.245 e. The van der Waals surface area contributed by atoms with Crippen molar-refractivity contribution >= 4 is 51.6 Å². The largest absolute Gasteiger partial charge is 0.350 e. The van der Waals surface area contributed by atoms with Crippen LogP contribution in [0.4, 0.5) is 30.9 Å². The van der Waals surface area contributed by atoms with Crippen LogP contribution in [-0.4, -0.2) is 119 Å². The zero-order valence-corrected chi connectivity index (χ0v) is 30.7. The van der Waals surface area contributed by atoms with Crippen molar-refractivity contribution in [1.29, 1.82) is 0 Å². The molecule has 4 atom stereocenters. The molecule has 1 N–H and O–H groups in total. The zero-order chi connectivity index (χ0) is 38.6. The van der Waals surface area contributed by atoms with E-state index < -0.39 is 29.5 Å². The number of hydrogen-bond acceptors (Lipinski definition) is 11. The second-order valence-electron chi connectivity index (χ2n) is 15.0. The molecule has 0 aliphatic carbocycles. The molecule has 3 fully saturated rings. The first-order valence-corrected chi connectivity index (χ1v) is 18.5. The number of likely N-dealkylation sites (N-methyl/N-ethyl adjacent to an activating group) is 2. The van der Waals surface area contributed by atoms with E-state index in [1.165, 1.54) is 29.1 Å². The third-order valence-corrected chi connectivity index (χ3v) is 11.5. The molecule has 18 heteroatoms. The second-order valence-corrected chi connectivity index (χ2v) is 15.0. The van der Waals surface area contributed by atoms with Crippen LogP contribution in [0.3, 0.4) is 0 Å². The number of imidazole rings is 1. The van der Waals surface area contributed by atoms with Gasteiger partial charge >= 0.3 is 0 Å². The van der Waals surface area contributed by atoms with E-state index >= 15 is 4.39 Å². The van der Waals surface area contributed by atoms with Crippen molar-refractivity contribution in [3.05, 3.63) is 72.1 Å². The molecule has 0 radical (unpaired) electrons. The summed E-state index contributed by atoms with van der Waals surface area (Å²) in [5, 5.41) is 8.37. The number of nitrogens with zero attached hydrogens (tertiary/aromatic N) is 12. The Labute approximate surface area is 317 Å². The molecule has 2 aromatic carbocycles. The topological polar surface area (TPSA) is 146 Å². The number of rotatable bonds is 3. The van der Waals surface area contributed by atoms with Crippen molar-refractivity contribution in [3.63, 3.8) is 0 Å². The van der Waals surface area contributed by atoms with Crippen molar-refractivity contribution in [3.8, 4) is 16.9 Å². The Balaban J connectivity index is 1.09. The molecule has 15 nitrogen and oxygen atoms in total. The number of halogens is 3. The van der Waals surface area contributed by atoms with Gasteiger partial charge in [-0.3, -0.25) is 9.59 Å². The lowest BCUT2D eigenvalue weighted by atomic mass is 9.87. The van der Waals surface area contributed by atoms with Gasteiger partial charge in [0.05, 0.1) is 34.4 Å². The van der Waals surface area contributed by atoms with E-state index in [-0.39, 0.29) is 47.7 Å². The van der Waals surface area contributed by atoms with Crippen molar-refractivity contribution in [1.82, 2.24) is 49.1 Å². The lowest BCUT2D eigenvalue weighted by molar-refractivity contribution is -0.138. The number of likely N-dealkylation sites (tertiary alicyclic amines) is 1. The van der Waals surface area contributed by atoms with Gasteiger partial charge in [0, 0.05) is 70.2 Å². The molecule has 0 spiro atoms. The Kier molecular flexibility index (Phi) is 7.69. The smallest absolute Gasteiger partial charge is 0.245 e. The number of benzene rings is 2. The van der Waals surface area contributed by atoms with Gasteiger partial charge < -0.3 is 29.5 Å². The highest BCUT2D eigenvalue weighted by atomic mass is 19.1. The SMILES string of the molecule is Cc1nc2cc(F)cc3c2n1CCCN(C)C(=O)[C@@H]1C[C@@H](CN1c1nc(N2C4CC2C(=O)N(C)C4)nc2c1cnn2-c1ccc(F)cc1F)Nc1nccc-3n1. The lowest BCUT2D eigenvalue weighted by Gasteiger charge is -2.54. The number of fused-ring (bicyclic) bond motifs is 8. The molecule has 4 aliphatic heterocycles. The van der Waals surface area contributed by atoms with Gasteiger partial charge in [0.25, 0.3) is 0 Å². The van der Waals surface area contributed by atoms with E-state index in [2.05, 4.69) is 20.4 Å². The van der Waals surface area contributed by atoms with E-state index in [9.17, 15) is 18.4 Å². The number of carbonyl (C=O) groups excluding carboxylic acids is 2. The fraction of sp³-hybridized carbons (Fsp3) is 0.368. The highest BCUT2D eigenvalue weighted by Gasteiger charge is 2.51. The highest BCUT2D eigenvalue weighted by Crippen LogP contribution is 2.40. The third-order valence-electron chi connectivity index (χ3n) is 11.5. The molecular formula is C38H36F3N13O2. The van der Waals surface area contributed by atoms with Gasteiger partial charge in [-0.25, -0.2) is 32.8 Å². The van der Waals surface area contributed by atoms with Crippen LogP contribution in [0, 0.1) is 24.4 Å². The van der Waals surface area contributed by atoms with Gasteiger partial charge in [0.15, 0.2) is 11.5 Å². The average Bonchev–Trinajstić information content (AvgIpc) is 3.86. The molecule has 10 rings (SSSR count). The van der Waals surface area contributed by atoms with E-state index in [1.54, 1.807) is 36.2 Å². The quantitative estimate of drug-likeness (QED) is 0.282. The van der Waals surface area contributed by atoms with E-state index in [4.69, 9.17) is 15.0 Å². The van der Waals surface area contributed by atoms with Gasteiger partial charge in [-0.15, -0.1) is 0 Å². The van der Waals surface area contributed by atoms with Crippen LogP contribution in [0.2, 0.25) is 0 Å². The maximum absolute atomic E-state index is 15.3. The minimum Gasteiger partial charge on any atom is -0.350 e. The summed E-state index contributed by atoms with van der Waals surface area (Å²) in [6.45, 7) is 3.58. The summed E-state index contributed by atoms with van der Waals surface area (Å²) in [7, 11) is 3.53. The Bertz CT molecular complexity index is 2610. The Morgan fingerprint density at radius 3 is 2.52 bits per heavy atom. The fourth-order valence-corrected chi connectivity index (χ4v) is 8.81. The predicted octanol–water partition coefficient (Wildman–Crippen LogP) is 3.69. The van der Waals surface area contributed by atoms with Gasteiger partial charge in [0.2, 0.25) is 23.7 Å². The summed E-state index contributed by atoms with van der Waals surface area (Å²) in [4.78, 5) is 58.8. The van der Waals surface area contributed by atoms with E-state index in [0.717, 1.165) is 17.6 Å². The molecule has 0 saturated carbocycles. The van der Waals surface area contributed by atoms with Crippen LogP contribution in [-0.2, 0) is 16.1 Å². The summed E-state index contributed by atoms with van der Waals surface area (Å²) >= 11 is 0. The van der Waals surface area contributed by atoms with Gasteiger partial charge in [0.1, 0.15) is 41.0 Å².